The first-order chi connectivity index (χ1) is 6.22. The monoisotopic (exact) mass is 260 g/mol. The number of benzene rings is 1. The molecule has 2 heteroatoms. The first kappa shape index (κ1) is 11.1. The third kappa shape index (κ3) is 4.15. The fourth-order valence-electron chi connectivity index (χ4n) is 1.18. The molecule has 13 heavy (non-hydrogen) atoms. The van der Waals surface area contributed by atoms with E-state index >= 15 is 0 Å². The highest BCUT2D eigenvalue weighted by molar-refractivity contribution is 9.10. The van der Waals surface area contributed by atoms with Crippen LogP contribution in [0.25, 0.3) is 0 Å². The van der Waals surface area contributed by atoms with E-state index in [-0.39, 0.29) is 0 Å². The summed E-state index contributed by atoms with van der Waals surface area (Å²) in [6.07, 6.45) is 3.20. The molecule has 0 nitrogen and oxygen atoms in total. The van der Waals surface area contributed by atoms with Gasteiger partial charge < -0.3 is 0 Å². The molecule has 1 aromatic carbocycles. The number of hydrogen-bond acceptors (Lipinski definition) is 0. The van der Waals surface area contributed by atoms with E-state index in [1.54, 1.807) is 0 Å². The Morgan fingerprint density at radius 3 is 2.46 bits per heavy atom. The molecule has 72 valence electrons. The van der Waals surface area contributed by atoms with Crippen molar-refractivity contribution >= 4 is 27.5 Å². The van der Waals surface area contributed by atoms with E-state index in [0.29, 0.717) is 5.38 Å². The molecular formula is C11H14BrCl. The van der Waals surface area contributed by atoms with Crippen LogP contribution in [0.15, 0.2) is 28.7 Å². The molecule has 0 saturated carbocycles. The molecule has 0 amide bonds. The summed E-state index contributed by atoms with van der Waals surface area (Å²) < 4.78 is 1.13. The van der Waals surface area contributed by atoms with Gasteiger partial charge in [0.2, 0.25) is 0 Å². The van der Waals surface area contributed by atoms with Crippen molar-refractivity contribution in [3.63, 3.8) is 0 Å². The molecular weight excluding hydrogens is 247 g/mol. The van der Waals surface area contributed by atoms with Crippen LogP contribution in [0.5, 0.6) is 0 Å². The average molecular weight is 262 g/mol. The summed E-state index contributed by atoms with van der Waals surface area (Å²) in [7, 11) is 0. The summed E-state index contributed by atoms with van der Waals surface area (Å²) in [5.74, 6) is 0. The van der Waals surface area contributed by atoms with E-state index < -0.39 is 0 Å². The maximum absolute atomic E-state index is 6.04. The minimum absolute atomic E-state index is 0.323. The fraction of sp³-hybridized carbons (Fsp3) is 0.455. The molecule has 0 bridgehead atoms. The number of aryl methyl sites for hydroxylation is 1. The van der Waals surface area contributed by atoms with Gasteiger partial charge in [-0.2, -0.15) is 0 Å². The van der Waals surface area contributed by atoms with Gasteiger partial charge in [0, 0.05) is 9.85 Å². The number of hydrogen-bond donors (Lipinski definition) is 0. The van der Waals surface area contributed by atoms with Crippen LogP contribution in [-0.2, 0) is 6.42 Å². The number of alkyl halides is 1. The van der Waals surface area contributed by atoms with E-state index in [4.69, 9.17) is 11.6 Å². The van der Waals surface area contributed by atoms with Crippen molar-refractivity contribution in [3.05, 3.63) is 34.3 Å². The zero-order valence-corrected chi connectivity index (χ0v) is 10.1. The van der Waals surface area contributed by atoms with Crippen LogP contribution in [0, 0.1) is 0 Å². The SMILES string of the molecule is CCC(Cl)CCc1ccc(Br)cc1. The second-order valence-electron chi connectivity index (χ2n) is 3.17. The van der Waals surface area contributed by atoms with E-state index in [1.165, 1.54) is 5.56 Å². The molecule has 1 rings (SSSR count). The van der Waals surface area contributed by atoms with Crippen molar-refractivity contribution in [2.75, 3.05) is 0 Å². The normalized spacial score (nSPS) is 12.8. The molecule has 0 saturated heterocycles. The van der Waals surface area contributed by atoms with Gasteiger partial charge in [0.15, 0.2) is 0 Å². The summed E-state index contributed by atoms with van der Waals surface area (Å²) in [5, 5.41) is 0.323. The Morgan fingerprint density at radius 2 is 1.92 bits per heavy atom. The second-order valence-corrected chi connectivity index (χ2v) is 4.70. The van der Waals surface area contributed by atoms with Gasteiger partial charge in [-0.25, -0.2) is 0 Å². The maximum Gasteiger partial charge on any atom is 0.0336 e. The van der Waals surface area contributed by atoms with Crippen LogP contribution in [-0.4, -0.2) is 5.38 Å². The summed E-state index contributed by atoms with van der Waals surface area (Å²) in [6, 6.07) is 8.43. The number of halogens is 2. The van der Waals surface area contributed by atoms with Crippen LogP contribution in [0.1, 0.15) is 25.3 Å². The van der Waals surface area contributed by atoms with Gasteiger partial charge in [-0.1, -0.05) is 35.0 Å². The maximum atomic E-state index is 6.04. The Morgan fingerprint density at radius 1 is 1.31 bits per heavy atom. The van der Waals surface area contributed by atoms with Crippen molar-refractivity contribution in [1.82, 2.24) is 0 Å². The van der Waals surface area contributed by atoms with Gasteiger partial charge in [-0.15, -0.1) is 11.6 Å². The van der Waals surface area contributed by atoms with Crippen molar-refractivity contribution in [2.45, 2.75) is 31.6 Å². The highest BCUT2D eigenvalue weighted by Gasteiger charge is 2.01. The molecule has 0 aliphatic carbocycles. The predicted octanol–water partition coefficient (Wildman–Crippen LogP) is 4.40. The third-order valence-corrected chi connectivity index (χ3v) is 3.16. The predicted molar refractivity (Wildman–Crippen MR) is 62.4 cm³/mol. The molecule has 1 atom stereocenters. The smallest absolute Gasteiger partial charge is 0.0336 e. The fourth-order valence-corrected chi connectivity index (χ4v) is 1.55. The molecule has 0 aliphatic heterocycles. The average Bonchev–Trinajstić information content (AvgIpc) is 2.16. The van der Waals surface area contributed by atoms with Gasteiger partial charge in [0.1, 0.15) is 0 Å². The first-order valence-corrected chi connectivity index (χ1v) is 5.84. The Kier molecular flexibility index (Phi) is 4.82. The summed E-state index contributed by atoms with van der Waals surface area (Å²) in [4.78, 5) is 0. The zero-order chi connectivity index (χ0) is 9.68. The lowest BCUT2D eigenvalue weighted by atomic mass is 10.1. The lowest BCUT2D eigenvalue weighted by Crippen LogP contribution is -1.98. The summed E-state index contributed by atoms with van der Waals surface area (Å²) in [6.45, 7) is 2.12. The van der Waals surface area contributed by atoms with Crippen molar-refractivity contribution < 1.29 is 0 Å². The summed E-state index contributed by atoms with van der Waals surface area (Å²) in [5.41, 5.74) is 1.36. The van der Waals surface area contributed by atoms with Gasteiger partial charge in [0.25, 0.3) is 0 Å². The largest absolute Gasteiger partial charge is 0.123 e. The van der Waals surface area contributed by atoms with E-state index in [9.17, 15) is 0 Å². The standard InChI is InChI=1S/C11H14BrCl/c1-2-11(13)8-5-9-3-6-10(12)7-4-9/h3-4,6-7,11H,2,5,8H2,1H3. The first-order valence-electron chi connectivity index (χ1n) is 4.61. The molecule has 0 fully saturated rings. The molecule has 0 spiro atoms. The molecule has 0 heterocycles. The van der Waals surface area contributed by atoms with Crippen LogP contribution in [0.2, 0.25) is 0 Å². The summed E-state index contributed by atoms with van der Waals surface area (Å²) >= 11 is 9.45. The second kappa shape index (κ2) is 5.66. The Balaban J connectivity index is 2.41. The van der Waals surface area contributed by atoms with Crippen molar-refractivity contribution in [3.8, 4) is 0 Å². The van der Waals surface area contributed by atoms with E-state index in [2.05, 4.69) is 47.1 Å². The minimum Gasteiger partial charge on any atom is -0.123 e. The quantitative estimate of drug-likeness (QED) is 0.705. The van der Waals surface area contributed by atoms with Gasteiger partial charge in [0.05, 0.1) is 0 Å². The Labute approximate surface area is 93.4 Å². The van der Waals surface area contributed by atoms with Gasteiger partial charge in [-0.3, -0.25) is 0 Å². The highest BCUT2D eigenvalue weighted by atomic mass is 79.9. The van der Waals surface area contributed by atoms with Gasteiger partial charge >= 0.3 is 0 Å². The molecule has 1 unspecified atom stereocenters. The van der Waals surface area contributed by atoms with Crippen LogP contribution in [0.3, 0.4) is 0 Å². The molecule has 0 aliphatic rings. The van der Waals surface area contributed by atoms with E-state index in [1.807, 2.05) is 0 Å². The van der Waals surface area contributed by atoms with Crippen molar-refractivity contribution in [1.29, 1.82) is 0 Å². The van der Waals surface area contributed by atoms with Crippen molar-refractivity contribution in [2.24, 2.45) is 0 Å². The van der Waals surface area contributed by atoms with Crippen LogP contribution < -0.4 is 0 Å². The molecule has 0 N–H and O–H groups in total. The van der Waals surface area contributed by atoms with Crippen LogP contribution >= 0.6 is 27.5 Å². The molecule has 0 radical (unpaired) electrons. The topological polar surface area (TPSA) is 0 Å². The third-order valence-electron chi connectivity index (χ3n) is 2.10. The molecule has 0 aromatic heterocycles. The minimum atomic E-state index is 0.323. The van der Waals surface area contributed by atoms with Gasteiger partial charge in [-0.05, 0) is 37.0 Å². The Bertz CT molecular complexity index is 243. The lowest BCUT2D eigenvalue weighted by Gasteiger charge is -2.05. The highest BCUT2D eigenvalue weighted by Crippen LogP contribution is 2.14. The van der Waals surface area contributed by atoms with Crippen LogP contribution in [0.4, 0.5) is 0 Å². The zero-order valence-electron chi connectivity index (χ0n) is 7.76. The lowest BCUT2D eigenvalue weighted by molar-refractivity contribution is 0.727. The van der Waals surface area contributed by atoms with E-state index in [0.717, 1.165) is 23.7 Å². The number of rotatable bonds is 4. The molecule has 1 aromatic rings. The Hall–Kier alpha value is -0.0100.